The van der Waals surface area contributed by atoms with E-state index < -0.39 is 0 Å². The first-order valence-electron chi connectivity index (χ1n) is 8.13. The molecule has 1 aromatic rings. The van der Waals surface area contributed by atoms with Crippen LogP contribution in [-0.2, 0) is 19.5 Å². The Labute approximate surface area is 119 Å². The largest absolute Gasteiger partial charge is 0.345 e. The molecule has 3 aliphatic rings. The van der Waals surface area contributed by atoms with E-state index in [1.165, 1.54) is 32.1 Å². The molecule has 1 N–H and O–H groups in total. The fourth-order valence-corrected chi connectivity index (χ4v) is 3.87. The monoisotopic (exact) mass is 276 g/mol. The Morgan fingerprint density at radius 1 is 1.20 bits per heavy atom. The minimum absolute atomic E-state index is 0.137. The molecule has 0 aromatic carbocycles. The van der Waals surface area contributed by atoms with Gasteiger partial charge in [-0.25, -0.2) is 9.48 Å². The minimum atomic E-state index is 0.137. The predicted octanol–water partition coefficient (Wildman–Crippen LogP) is 1.16. The van der Waals surface area contributed by atoms with Gasteiger partial charge in [0.25, 0.3) is 0 Å². The molecule has 1 saturated heterocycles. The van der Waals surface area contributed by atoms with Gasteiger partial charge in [0.15, 0.2) is 0 Å². The lowest BCUT2D eigenvalue weighted by molar-refractivity contribution is 0.168. The smallest absolute Gasteiger partial charge is 0.317 e. The molecule has 1 aromatic heterocycles. The molecule has 0 bridgehead atoms. The van der Waals surface area contributed by atoms with Crippen molar-refractivity contribution in [1.82, 2.24) is 19.7 Å². The van der Waals surface area contributed by atoms with E-state index in [9.17, 15) is 4.79 Å². The van der Waals surface area contributed by atoms with Crippen molar-refractivity contribution in [2.24, 2.45) is 11.3 Å². The number of nitrogens with one attached hydrogen (secondary N) is 1. The Bertz CT molecular complexity index is 549. The van der Waals surface area contributed by atoms with E-state index in [-0.39, 0.29) is 5.69 Å². The summed E-state index contributed by atoms with van der Waals surface area (Å²) in [5.41, 5.74) is 0.595. The summed E-state index contributed by atoms with van der Waals surface area (Å²) in [6.07, 6.45) is 8.38. The van der Waals surface area contributed by atoms with Gasteiger partial charge in [0.05, 0.1) is 0 Å². The molecule has 20 heavy (non-hydrogen) atoms. The maximum Gasteiger partial charge on any atom is 0.345 e. The van der Waals surface area contributed by atoms with Gasteiger partial charge in [-0.05, 0) is 62.9 Å². The van der Waals surface area contributed by atoms with E-state index in [1.54, 1.807) is 4.68 Å². The molecule has 5 heteroatoms. The van der Waals surface area contributed by atoms with Crippen molar-refractivity contribution < 1.29 is 0 Å². The number of aromatic nitrogens is 3. The van der Waals surface area contributed by atoms with Crippen LogP contribution in [0.1, 0.15) is 44.3 Å². The minimum Gasteiger partial charge on any atom is -0.317 e. The number of hydrogen-bond donors (Lipinski definition) is 1. The van der Waals surface area contributed by atoms with Crippen LogP contribution in [-0.4, -0.2) is 27.4 Å². The second-order valence-corrected chi connectivity index (χ2v) is 6.98. The van der Waals surface area contributed by atoms with Gasteiger partial charge in [0.1, 0.15) is 5.82 Å². The number of rotatable bonds is 2. The van der Waals surface area contributed by atoms with E-state index >= 15 is 0 Å². The number of hydrogen-bond acceptors (Lipinski definition) is 3. The molecule has 110 valence electrons. The van der Waals surface area contributed by atoms with E-state index in [4.69, 9.17) is 0 Å². The molecule has 0 amide bonds. The number of piperidine rings is 1. The van der Waals surface area contributed by atoms with Crippen molar-refractivity contribution in [3.05, 3.63) is 16.3 Å². The molecule has 0 radical (unpaired) electrons. The van der Waals surface area contributed by atoms with Crippen molar-refractivity contribution in [1.29, 1.82) is 0 Å². The molecule has 3 heterocycles. The van der Waals surface area contributed by atoms with Crippen molar-refractivity contribution in [3.63, 3.8) is 0 Å². The van der Waals surface area contributed by atoms with Crippen molar-refractivity contribution in [2.75, 3.05) is 13.1 Å². The lowest BCUT2D eigenvalue weighted by Crippen LogP contribution is -2.37. The van der Waals surface area contributed by atoms with Crippen LogP contribution in [0.25, 0.3) is 0 Å². The van der Waals surface area contributed by atoms with Crippen LogP contribution in [0.15, 0.2) is 4.79 Å². The van der Waals surface area contributed by atoms with Crippen LogP contribution in [0.4, 0.5) is 0 Å². The first-order chi connectivity index (χ1) is 9.76. The Balaban J connectivity index is 1.55. The van der Waals surface area contributed by atoms with Gasteiger partial charge in [-0.2, -0.15) is 5.10 Å². The highest BCUT2D eigenvalue weighted by Gasteiger charge is 2.35. The van der Waals surface area contributed by atoms with Crippen molar-refractivity contribution in [3.8, 4) is 0 Å². The first-order valence-corrected chi connectivity index (χ1v) is 8.13. The molecule has 0 atom stereocenters. The van der Waals surface area contributed by atoms with Crippen LogP contribution < -0.4 is 11.0 Å². The van der Waals surface area contributed by atoms with Crippen LogP contribution >= 0.6 is 0 Å². The maximum atomic E-state index is 12.5. The summed E-state index contributed by atoms with van der Waals surface area (Å²) in [7, 11) is 0. The van der Waals surface area contributed by atoms with Gasteiger partial charge in [-0.3, -0.25) is 4.57 Å². The van der Waals surface area contributed by atoms with Gasteiger partial charge in [-0.15, -0.1) is 0 Å². The summed E-state index contributed by atoms with van der Waals surface area (Å²) < 4.78 is 3.69. The normalized spacial score (nSPS) is 25.4. The van der Waals surface area contributed by atoms with Gasteiger partial charge in [-0.1, -0.05) is 0 Å². The Kier molecular flexibility index (Phi) is 2.98. The van der Waals surface area contributed by atoms with E-state index in [2.05, 4.69) is 10.4 Å². The Morgan fingerprint density at radius 3 is 2.75 bits per heavy atom. The highest BCUT2D eigenvalue weighted by atomic mass is 16.2. The zero-order chi connectivity index (χ0) is 13.6. The average molecular weight is 276 g/mol. The molecular formula is C15H24N4O. The first kappa shape index (κ1) is 12.6. The Morgan fingerprint density at radius 2 is 2.00 bits per heavy atom. The molecule has 5 nitrogen and oxygen atoms in total. The summed E-state index contributed by atoms with van der Waals surface area (Å²) >= 11 is 0. The lowest BCUT2D eigenvalue weighted by atomic mass is 9.73. The third-order valence-corrected chi connectivity index (χ3v) is 5.54. The van der Waals surface area contributed by atoms with Crippen molar-refractivity contribution >= 4 is 0 Å². The van der Waals surface area contributed by atoms with E-state index in [0.29, 0.717) is 11.3 Å². The van der Waals surface area contributed by atoms with Crippen LogP contribution in [0.3, 0.4) is 0 Å². The second-order valence-electron chi connectivity index (χ2n) is 6.98. The average Bonchev–Trinajstić information content (AvgIpc) is 3.24. The molecule has 2 fully saturated rings. The van der Waals surface area contributed by atoms with E-state index in [0.717, 1.165) is 44.8 Å². The fourth-order valence-electron chi connectivity index (χ4n) is 3.87. The maximum absolute atomic E-state index is 12.5. The summed E-state index contributed by atoms with van der Waals surface area (Å²) in [6, 6.07) is 0. The summed E-state index contributed by atoms with van der Waals surface area (Å²) in [5.74, 6) is 1.74. The topological polar surface area (TPSA) is 51.9 Å². The van der Waals surface area contributed by atoms with Crippen LogP contribution in [0, 0.1) is 11.3 Å². The third kappa shape index (κ3) is 2.22. The predicted molar refractivity (Wildman–Crippen MR) is 76.7 cm³/mol. The molecule has 4 rings (SSSR count). The van der Waals surface area contributed by atoms with Gasteiger partial charge < -0.3 is 5.32 Å². The Hall–Kier alpha value is -1.10. The number of nitrogens with zero attached hydrogens (tertiary/aromatic N) is 3. The van der Waals surface area contributed by atoms with Gasteiger partial charge >= 0.3 is 5.69 Å². The van der Waals surface area contributed by atoms with Gasteiger partial charge in [0, 0.05) is 19.5 Å². The molecule has 2 aliphatic heterocycles. The molecule has 0 unspecified atom stereocenters. The standard InChI is InChI=1S/C15H24N4O/c20-14-18-10-7-15(5-8-16-9-6-15)4-3-13(18)17-19(14)11-12-1-2-12/h12,16H,1-11H2. The highest BCUT2D eigenvalue weighted by molar-refractivity contribution is 4.97. The van der Waals surface area contributed by atoms with Crippen LogP contribution in [0.2, 0.25) is 0 Å². The zero-order valence-corrected chi connectivity index (χ0v) is 12.1. The number of fused-ring (bicyclic) bond motifs is 1. The quantitative estimate of drug-likeness (QED) is 0.882. The number of aryl methyl sites for hydroxylation is 1. The SMILES string of the molecule is O=c1n(CC2CC2)nc2n1CCC1(CCNCC1)CC2. The third-order valence-electron chi connectivity index (χ3n) is 5.54. The van der Waals surface area contributed by atoms with E-state index in [1.807, 2.05) is 4.57 Å². The van der Waals surface area contributed by atoms with Crippen molar-refractivity contribution in [2.45, 2.75) is 58.0 Å². The summed E-state index contributed by atoms with van der Waals surface area (Å²) in [4.78, 5) is 12.5. The highest BCUT2D eigenvalue weighted by Crippen LogP contribution is 2.39. The second kappa shape index (κ2) is 4.72. The lowest BCUT2D eigenvalue weighted by Gasteiger charge is -2.36. The molecular weight excluding hydrogens is 252 g/mol. The van der Waals surface area contributed by atoms with Gasteiger partial charge in [0.2, 0.25) is 0 Å². The summed E-state index contributed by atoms with van der Waals surface area (Å²) in [6.45, 7) is 3.98. The molecule has 1 saturated carbocycles. The molecule has 1 spiro atoms. The fraction of sp³-hybridized carbons (Fsp3) is 0.867. The van der Waals surface area contributed by atoms with Crippen LogP contribution in [0.5, 0.6) is 0 Å². The molecule has 1 aliphatic carbocycles. The zero-order valence-electron chi connectivity index (χ0n) is 12.1. The summed E-state index contributed by atoms with van der Waals surface area (Å²) in [5, 5.41) is 8.07.